The number of hydrogen-bond acceptors (Lipinski definition) is 6. The summed E-state index contributed by atoms with van der Waals surface area (Å²) in [5.41, 5.74) is 4.20. The highest BCUT2D eigenvalue weighted by Crippen LogP contribution is 2.33. The number of rotatable bonds is 4. The number of carbonyl (C=O) groups is 1. The lowest BCUT2D eigenvalue weighted by molar-refractivity contribution is -0.384. The van der Waals surface area contributed by atoms with Crippen molar-refractivity contribution >= 4 is 63.3 Å². The number of carbonyl (C=O) groups excluding carboxylic acids is 1. The van der Waals surface area contributed by atoms with Crippen molar-refractivity contribution in [3.63, 3.8) is 0 Å². The molecule has 25 heavy (non-hydrogen) atoms. The Morgan fingerprint density at radius 3 is 2.40 bits per heavy atom. The van der Waals surface area contributed by atoms with E-state index < -0.39 is 4.92 Å². The number of amides is 1. The zero-order valence-corrected chi connectivity index (χ0v) is 14.9. The standard InChI is InChI=1S/C16H10ClN3O3S2/c17-11-3-1-10(2-4-11)9-14-15(21)19(16(24)25-14)18-12-5-7-13(8-6-12)20(22)23/h1-9,18H/b14-9+. The van der Waals surface area contributed by atoms with Crippen LogP contribution in [0.4, 0.5) is 11.4 Å². The smallest absolute Gasteiger partial charge is 0.285 e. The highest BCUT2D eigenvalue weighted by Gasteiger charge is 2.32. The van der Waals surface area contributed by atoms with E-state index >= 15 is 0 Å². The Balaban J connectivity index is 1.77. The summed E-state index contributed by atoms with van der Waals surface area (Å²) in [7, 11) is 0. The third-order valence-electron chi connectivity index (χ3n) is 3.28. The van der Waals surface area contributed by atoms with Crippen molar-refractivity contribution in [2.24, 2.45) is 0 Å². The van der Waals surface area contributed by atoms with Crippen LogP contribution in [0.25, 0.3) is 6.08 Å². The Morgan fingerprint density at radius 2 is 1.80 bits per heavy atom. The fraction of sp³-hybridized carbons (Fsp3) is 0. The zero-order chi connectivity index (χ0) is 18.0. The van der Waals surface area contributed by atoms with Crippen molar-refractivity contribution < 1.29 is 9.72 Å². The minimum atomic E-state index is -0.488. The van der Waals surface area contributed by atoms with E-state index in [1.807, 2.05) is 0 Å². The van der Waals surface area contributed by atoms with Crippen LogP contribution in [0.1, 0.15) is 5.56 Å². The summed E-state index contributed by atoms with van der Waals surface area (Å²) in [6, 6.07) is 12.8. The fourth-order valence-electron chi connectivity index (χ4n) is 2.06. The molecule has 0 bridgehead atoms. The first-order valence-corrected chi connectivity index (χ1v) is 8.59. The second-order valence-electron chi connectivity index (χ2n) is 4.98. The van der Waals surface area contributed by atoms with Crippen LogP contribution < -0.4 is 5.43 Å². The molecule has 1 heterocycles. The lowest BCUT2D eigenvalue weighted by Crippen LogP contribution is -2.33. The minimum absolute atomic E-state index is 0.0291. The summed E-state index contributed by atoms with van der Waals surface area (Å²) in [5.74, 6) is -0.289. The minimum Gasteiger partial charge on any atom is -0.290 e. The second kappa shape index (κ2) is 7.22. The van der Waals surface area contributed by atoms with Gasteiger partial charge in [-0.15, -0.1) is 0 Å². The molecular formula is C16H10ClN3O3S2. The van der Waals surface area contributed by atoms with Gasteiger partial charge in [-0.1, -0.05) is 35.5 Å². The number of thioether (sulfide) groups is 1. The van der Waals surface area contributed by atoms with Gasteiger partial charge >= 0.3 is 0 Å². The first-order valence-electron chi connectivity index (χ1n) is 6.99. The molecule has 1 fully saturated rings. The maximum absolute atomic E-state index is 12.5. The highest BCUT2D eigenvalue weighted by molar-refractivity contribution is 8.26. The molecule has 0 atom stereocenters. The largest absolute Gasteiger partial charge is 0.290 e. The SMILES string of the molecule is O=C1/C(=C\c2ccc(Cl)cc2)SC(=S)N1Nc1ccc([N+](=O)[O-])cc1. The van der Waals surface area contributed by atoms with Gasteiger partial charge in [-0.05, 0) is 48.1 Å². The molecule has 126 valence electrons. The van der Waals surface area contributed by atoms with E-state index in [4.69, 9.17) is 23.8 Å². The summed E-state index contributed by atoms with van der Waals surface area (Å²) < 4.78 is 0.351. The monoisotopic (exact) mass is 391 g/mol. The number of hydrogen-bond donors (Lipinski definition) is 1. The van der Waals surface area contributed by atoms with E-state index in [-0.39, 0.29) is 11.6 Å². The molecule has 1 amide bonds. The van der Waals surface area contributed by atoms with Gasteiger partial charge < -0.3 is 0 Å². The summed E-state index contributed by atoms with van der Waals surface area (Å²) in [5, 5.41) is 12.5. The van der Waals surface area contributed by atoms with Gasteiger partial charge in [0.2, 0.25) is 0 Å². The second-order valence-corrected chi connectivity index (χ2v) is 7.10. The Kier molecular flexibility index (Phi) is 5.03. The summed E-state index contributed by atoms with van der Waals surface area (Å²) >= 11 is 12.3. The molecule has 6 nitrogen and oxygen atoms in total. The fourth-order valence-corrected chi connectivity index (χ4v) is 3.37. The third kappa shape index (κ3) is 3.98. The average Bonchev–Trinajstić information content (AvgIpc) is 2.85. The number of nitro benzene ring substituents is 1. The van der Waals surface area contributed by atoms with Crippen LogP contribution in [0, 0.1) is 10.1 Å². The van der Waals surface area contributed by atoms with Crippen molar-refractivity contribution in [1.82, 2.24) is 5.01 Å². The highest BCUT2D eigenvalue weighted by atomic mass is 35.5. The maximum Gasteiger partial charge on any atom is 0.285 e. The molecule has 0 unspecified atom stereocenters. The van der Waals surface area contributed by atoms with Gasteiger partial charge in [-0.3, -0.25) is 20.3 Å². The Labute approximate surface area is 157 Å². The van der Waals surface area contributed by atoms with Gasteiger partial charge in [0.05, 0.1) is 15.5 Å². The number of halogens is 1. The molecule has 1 aliphatic rings. The van der Waals surface area contributed by atoms with Crippen LogP contribution in [0.3, 0.4) is 0 Å². The Hall–Kier alpha value is -2.42. The summed E-state index contributed by atoms with van der Waals surface area (Å²) in [4.78, 5) is 23.2. The van der Waals surface area contributed by atoms with Crippen molar-refractivity contribution in [2.75, 3.05) is 5.43 Å². The molecule has 0 aliphatic carbocycles. The van der Waals surface area contributed by atoms with Crippen LogP contribution in [0.15, 0.2) is 53.4 Å². The van der Waals surface area contributed by atoms with Crippen molar-refractivity contribution in [1.29, 1.82) is 0 Å². The van der Waals surface area contributed by atoms with E-state index in [0.717, 1.165) is 5.56 Å². The van der Waals surface area contributed by atoms with Gasteiger partial charge in [0.25, 0.3) is 11.6 Å². The lowest BCUT2D eigenvalue weighted by Gasteiger charge is -2.16. The maximum atomic E-state index is 12.5. The van der Waals surface area contributed by atoms with Gasteiger partial charge in [-0.2, -0.15) is 0 Å². The lowest BCUT2D eigenvalue weighted by atomic mass is 10.2. The topological polar surface area (TPSA) is 75.5 Å². The molecular weight excluding hydrogens is 382 g/mol. The number of nitrogens with one attached hydrogen (secondary N) is 1. The molecule has 9 heteroatoms. The molecule has 3 rings (SSSR count). The molecule has 0 spiro atoms. The van der Waals surface area contributed by atoms with Crippen LogP contribution >= 0.6 is 35.6 Å². The number of non-ortho nitro benzene ring substituents is 1. The molecule has 1 saturated heterocycles. The molecule has 2 aromatic carbocycles. The van der Waals surface area contributed by atoms with Crippen LogP contribution in [-0.4, -0.2) is 20.2 Å². The summed E-state index contributed by atoms with van der Waals surface area (Å²) in [6.07, 6.45) is 1.73. The Morgan fingerprint density at radius 1 is 1.16 bits per heavy atom. The van der Waals surface area contributed by atoms with Crippen LogP contribution in [-0.2, 0) is 4.79 Å². The molecule has 1 N–H and O–H groups in total. The number of thiocarbonyl (C=S) groups is 1. The first-order chi connectivity index (χ1) is 11.9. The third-order valence-corrected chi connectivity index (χ3v) is 4.83. The number of anilines is 1. The number of hydrazine groups is 1. The predicted molar refractivity (Wildman–Crippen MR) is 103 cm³/mol. The first kappa shape index (κ1) is 17.4. The van der Waals surface area contributed by atoms with Crippen LogP contribution in [0.5, 0.6) is 0 Å². The number of benzene rings is 2. The number of nitrogens with zero attached hydrogens (tertiary/aromatic N) is 2. The quantitative estimate of drug-likeness (QED) is 0.358. The van der Waals surface area contributed by atoms with Crippen molar-refractivity contribution in [2.45, 2.75) is 0 Å². The van der Waals surface area contributed by atoms with E-state index in [9.17, 15) is 14.9 Å². The zero-order valence-electron chi connectivity index (χ0n) is 12.5. The van der Waals surface area contributed by atoms with Crippen LogP contribution in [0.2, 0.25) is 5.02 Å². The molecule has 1 aliphatic heterocycles. The normalized spacial score (nSPS) is 15.7. The summed E-state index contributed by atoms with van der Waals surface area (Å²) in [6.45, 7) is 0. The van der Waals surface area contributed by atoms with E-state index in [2.05, 4.69) is 5.43 Å². The van der Waals surface area contributed by atoms with E-state index in [1.165, 1.54) is 41.0 Å². The van der Waals surface area contributed by atoms with Gasteiger partial charge in [-0.25, -0.2) is 5.01 Å². The molecule has 0 aromatic heterocycles. The average molecular weight is 392 g/mol. The molecule has 0 saturated carbocycles. The number of nitro groups is 1. The van der Waals surface area contributed by atoms with Crippen molar-refractivity contribution in [3.05, 3.63) is 74.1 Å². The van der Waals surface area contributed by atoms with E-state index in [1.54, 1.807) is 30.3 Å². The van der Waals surface area contributed by atoms with Gasteiger partial charge in [0.1, 0.15) is 0 Å². The molecule has 2 aromatic rings. The van der Waals surface area contributed by atoms with E-state index in [0.29, 0.717) is 19.9 Å². The van der Waals surface area contributed by atoms with Gasteiger partial charge in [0, 0.05) is 17.2 Å². The van der Waals surface area contributed by atoms with Gasteiger partial charge in [0.15, 0.2) is 4.32 Å². The Bertz CT molecular complexity index is 883. The molecule has 0 radical (unpaired) electrons. The van der Waals surface area contributed by atoms with Crippen molar-refractivity contribution in [3.8, 4) is 0 Å². The predicted octanol–water partition coefficient (Wildman–Crippen LogP) is 4.48.